The van der Waals surface area contributed by atoms with Crippen LogP contribution in [0.4, 0.5) is 5.69 Å². The first-order valence-electron chi connectivity index (χ1n) is 7.33. The highest BCUT2D eigenvalue weighted by Crippen LogP contribution is 2.25. The van der Waals surface area contributed by atoms with Crippen LogP contribution >= 0.6 is 0 Å². The Hall–Kier alpha value is -2.69. The number of rotatable bonds is 7. The van der Waals surface area contributed by atoms with Gasteiger partial charge in [0.2, 0.25) is 5.91 Å². The molecular formula is C18H21NO4. The number of hydrogen-bond donors (Lipinski definition) is 1. The molecule has 1 N–H and O–H groups in total. The highest BCUT2D eigenvalue weighted by molar-refractivity contribution is 5.91. The van der Waals surface area contributed by atoms with Gasteiger partial charge in [0, 0.05) is 23.9 Å². The Bertz CT molecular complexity index is 648. The van der Waals surface area contributed by atoms with Gasteiger partial charge in [-0.2, -0.15) is 0 Å². The van der Waals surface area contributed by atoms with Crippen molar-refractivity contribution < 1.29 is 19.0 Å². The number of benzene rings is 2. The van der Waals surface area contributed by atoms with Crippen LogP contribution in [0.2, 0.25) is 0 Å². The minimum atomic E-state index is -0.131. The molecule has 0 aliphatic rings. The van der Waals surface area contributed by atoms with Gasteiger partial charge in [-0.3, -0.25) is 4.79 Å². The van der Waals surface area contributed by atoms with Gasteiger partial charge in [-0.15, -0.1) is 0 Å². The molecule has 0 heterocycles. The molecule has 0 radical (unpaired) electrons. The van der Waals surface area contributed by atoms with Gasteiger partial charge in [-0.1, -0.05) is 18.2 Å². The second kappa shape index (κ2) is 8.08. The SMILES string of the molecule is COc1cc(NC(=O)CCOc2ccccc2C)cc(OC)c1. The van der Waals surface area contributed by atoms with Crippen molar-refractivity contribution in [3.05, 3.63) is 48.0 Å². The van der Waals surface area contributed by atoms with Gasteiger partial charge in [0.15, 0.2) is 0 Å². The molecule has 0 saturated carbocycles. The molecule has 0 unspecified atom stereocenters. The molecule has 122 valence electrons. The normalized spacial score (nSPS) is 10.0. The van der Waals surface area contributed by atoms with Crippen LogP contribution in [-0.4, -0.2) is 26.7 Å². The Labute approximate surface area is 136 Å². The van der Waals surface area contributed by atoms with Gasteiger partial charge < -0.3 is 19.5 Å². The predicted octanol–water partition coefficient (Wildman–Crippen LogP) is 3.42. The minimum Gasteiger partial charge on any atom is -0.497 e. The average Bonchev–Trinajstić information content (AvgIpc) is 2.56. The molecule has 2 aromatic rings. The Balaban J connectivity index is 1.88. The van der Waals surface area contributed by atoms with Gasteiger partial charge in [0.25, 0.3) is 0 Å². The van der Waals surface area contributed by atoms with Crippen molar-refractivity contribution in [3.8, 4) is 17.2 Å². The van der Waals surface area contributed by atoms with E-state index in [0.717, 1.165) is 11.3 Å². The van der Waals surface area contributed by atoms with Crippen LogP contribution in [0.1, 0.15) is 12.0 Å². The van der Waals surface area contributed by atoms with Crippen LogP contribution in [-0.2, 0) is 4.79 Å². The minimum absolute atomic E-state index is 0.131. The lowest BCUT2D eigenvalue weighted by Crippen LogP contribution is -2.15. The molecule has 0 fully saturated rings. The number of nitrogens with one attached hydrogen (secondary N) is 1. The maximum absolute atomic E-state index is 12.0. The van der Waals surface area contributed by atoms with Crippen molar-refractivity contribution >= 4 is 11.6 Å². The molecule has 5 nitrogen and oxygen atoms in total. The largest absolute Gasteiger partial charge is 0.497 e. The van der Waals surface area contributed by atoms with Crippen molar-refractivity contribution in [2.45, 2.75) is 13.3 Å². The van der Waals surface area contributed by atoms with Crippen LogP contribution in [0.25, 0.3) is 0 Å². The second-order valence-corrected chi connectivity index (χ2v) is 5.01. The van der Waals surface area contributed by atoms with E-state index in [9.17, 15) is 4.79 Å². The number of methoxy groups -OCH3 is 2. The van der Waals surface area contributed by atoms with Crippen molar-refractivity contribution in [2.75, 3.05) is 26.1 Å². The highest BCUT2D eigenvalue weighted by Gasteiger charge is 2.07. The Morgan fingerprint density at radius 1 is 1.04 bits per heavy atom. The number of carbonyl (C=O) groups excluding carboxylic acids is 1. The predicted molar refractivity (Wildman–Crippen MR) is 89.5 cm³/mol. The maximum atomic E-state index is 12.0. The van der Waals surface area contributed by atoms with Crippen LogP contribution in [0.5, 0.6) is 17.2 Å². The Morgan fingerprint density at radius 3 is 2.30 bits per heavy atom. The lowest BCUT2D eigenvalue weighted by atomic mass is 10.2. The zero-order chi connectivity index (χ0) is 16.7. The zero-order valence-corrected chi connectivity index (χ0v) is 13.6. The standard InChI is InChI=1S/C18H21NO4/c1-13-6-4-5-7-17(13)23-9-8-18(20)19-14-10-15(21-2)12-16(11-14)22-3/h4-7,10-12H,8-9H2,1-3H3,(H,19,20). The third-order valence-electron chi connectivity index (χ3n) is 3.32. The summed E-state index contributed by atoms with van der Waals surface area (Å²) in [4.78, 5) is 12.0. The summed E-state index contributed by atoms with van der Waals surface area (Å²) >= 11 is 0. The zero-order valence-electron chi connectivity index (χ0n) is 13.6. The van der Waals surface area contributed by atoms with Crippen molar-refractivity contribution in [2.24, 2.45) is 0 Å². The summed E-state index contributed by atoms with van der Waals surface area (Å²) < 4.78 is 16.0. The molecule has 23 heavy (non-hydrogen) atoms. The smallest absolute Gasteiger partial charge is 0.227 e. The van der Waals surface area contributed by atoms with Crippen molar-refractivity contribution in [1.29, 1.82) is 0 Å². The number of hydrogen-bond acceptors (Lipinski definition) is 4. The molecule has 0 atom stereocenters. The number of para-hydroxylation sites is 1. The Kier molecular flexibility index (Phi) is 5.86. The quantitative estimate of drug-likeness (QED) is 0.850. The average molecular weight is 315 g/mol. The van der Waals surface area contributed by atoms with E-state index in [1.165, 1.54) is 0 Å². The number of anilines is 1. The molecule has 0 saturated heterocycles. The van der Waals surface area contributed by atoms with Crippen molar-refractivity contribution in [1.82, 2.24) is 0 Å². The van der Waals surface area contributed by atoms with E-state index in [2.05, 4.69) is 5.32 Å². The molecule has 0 aliphatic carbocycles. The summed E-state index contributed by atoms with van der Waals surface area (Å²) in [5.41, 5.74) is 1.67. The molecule has 2 rings (SSSR count). The molecule has 0 bridgehead atoms. The molecule has 5 heteroatoms. The summed E-state index contributed by atoms with van der Waals surface area (Å²) in [5, 5.41) is 2.81. The summed E-state index contributed by atoms with van der Waals surface area (Å²) in [5.74, 6) is 1.91. The fourth-order valence-electron chi connectivity index (χ4n) is 2.08. The maximum Gasteiger partial charge on any atom is 0.227 e. The third kappa shape index (κ3) is 4.92. The van der Waals surface area contributed by atoms with E-state index in [1.807, 2.05) is 31.2 Å². The van der Waals surface area contributed by atoms with E-state index in [1.54, 1.807) is 32.4 Å². The number of carbonyl (C=O) groups is 1. The molecule has 0 aromatic heterocycles. The van der Waals surface area contributed by atoms with E-state index >= 15 is 0 Å². The van der Waals surface area contributed by atoms with E-state index in [-0.39, 0.29) is 12.3 Å². The van der Waals surface area contributed by atoms with Gasteiger partial charge in [-0.05, 0) is 18.6 Å². The first-order valence-corrected chi connectivity index (χ1v) is 7.33. The molecule has 0 aliphatic heterocycles. The lowest BCUT2D eigenvalue weighted by molar-refractivity contribution is -0.116. The van der Waals surface area contributed by atoms with E-state index in [0.29, 0.717) is 23.8 Å². The second-order valence-electron chi connectivity index (χ2n) is 5.01. The fraction of sp³-hybridized carbons (Fsp3) is 0.278. The number of aryl methyl sites for hydroxylation is 1. The van der Waals surface area contributed by atoms with Crippen LogP contribution in [0.15, 0.2) is 42.5 Å². The summed E-state index contributed by atoms with van der Waals surface area (Å²) in [6.45, 7) is 2.29. The third-order valence-corrected chi connectivity index (χ3v) is 3.32. The summed E-state index contributed by atoms with van der Waals surface area (Å²) in [6, 6.07) is 12.9. The monoisotopic (exact) mass is 315 g/mol. The first-order chi connectivity index (χ1) is 11.1. The van der Waals surface area contributed by atoms with Gasteiger partial charge in [-0.25, -0.2) is 0 Å². The van der Waals surface area contributed by atoms with Crippen molar-refractivity contribution in [3.63, 3.8) is 0 Å². The topological polar surface area (TPSA) is 56.8 Å². The molecule has 0 spiro atoms. The Morgan fingerprint density at radius 2 is 1.70 bits per heavy atom. The van der Waals surface area contributed by atoms with Gasteiger partial charge >= 0.3 is 0 Å². The fourth-order valence-corrected chi connectivity index (χ4v) is 2.08. The number of ether oxygens (including phenoxy) is 3. The lowest BCUT2D eigenvalue weighted by Gasteiger charge is -2.11. The molecule has 2 aromatic carbocycles. The van der Waals surface area contributed by atoms with Crippen LogP contribution in [0.3, 0.4) is 0 Å². The highest BCUT2D eigenvalue weighted by atomic mass is 16.5. The van der Waals surface area contributed by atoms with Crippen LogP contribution in [0, 0.1) is 6.92 Å². The summed E-state index contributed by atoms with van der Waals surface area (Å²) in [7, 11) is 3.13. The molecular weight excluding hydrogens is 294 g/mol. The van der Waals surface area contributed by atoms with Gasteiger partial charge in [0.05, 0.1) is 27.2 Å². The van der Waals surface area contributed by atoms with E-state index < -0.39 is 0 Å². The van der Waals surface area contributed by atoms with Gasteiger partial charge in [0.1, 0.15) is 17.2 Å². The van der Waals surface area contributed by atoms with Crippen LogP contribution < -0.4 is 19.5 Å². The summed E-state index contributed by atoms with van der Waals surface area (Å²) in [6.07, 6.45) is 0.258. The molecule has 1 amide bonds. The first kappa shape index (κ1) is 16.7. The number of amides is 1. The van der Waals surface area contributed by atoms with E-state index in [4.69, 9.17) is 14.2 Å².